The first-order valence-electron chi connectivity index (χ1n) is 3.60. The SMILES string of the molecule is COc1cc2nc(N)sc2cc1Cl. The molecule has 1 heterocycles. The maximum atomic E-state index is 5.93. The summed E-state index contributed by atoms with van der Waals surface area (Å²) in [5.74, 6) is 0.625. The lowest BCUT2D eigenvalue weighted by Gasteiger charge is -2.00. The van der Waals surface area contributed by atoms with Gasteiger partial charge in [0.25, 0.3) is 0 Å². The molecule has 0 radical (unpaired) electrons. The van der Waals surface area contributed by atoms with Crippen molar-refractivity contribution in [2.24, 2.45) is 0 Å². The van der Waals surface area contributed by atoms with E-state index in [2.05, 4.69) is 4.98 Å². The van der Waals surface area contributed by atoms with Crippen LogP contribution in [0.15, 0.2) is 12.1 Å². The molecule has 0 saturated heterocycles. The highest BCUT2D eigenvalue weighted by atomic mass is 35.5. The summed E-state index contributed by atoms with van der Waals surface area (Å²) in [6, 6.07) is 3.59. The molecule has 68 valence electrons. The number of methoxy groups -OCH3 is 1. The maximum absolute atomic E-state index is 5.93. The van der Waals surface area contributed by atoms with Crippen molar-refractivity contribution in [2.45, 2.75) is 0 Å². The lowest BCUT2D eigenvalue weighted by atomic mass is 10.3. The Labute approximate surface area is 84.1 Å². The molecule has 0 saturated carbocycles. The van der Waals surface area contributed by atoms with Gasteiger partial charge in [0, 0.05) is 6.07 Å². The molecule has 13 heavy (non-hydrogen) atoms. The van der Waals surface area contributed by atoms with Crippen LogP contribution in [-0.4, -0.2) is 12.1 Å². The van der Waals surface area contributed by atoms with Crippen molar-refractivity contribution in [3.8, 4) is 5.75 Å². The van der Waals surface area contributed by atoms with Crippen LogP contribution in [0, 0.1) is 0 Å². The highest BCUT2D eigenvalue weighted by molar-refractivity contribution is 7.22. The molecule has 0 aliphatic heterocycles. The molecule has 0 unspecified atom stereocenters. The minimum atomic E-state index is 0.541. The van der Waals surface area contributed by atoms with Crippen LogP contribution in [0.1, 0.15) is 0 Å². The first-order valence-corrected chi connectivity index (χ1v) is 4.79. The minimum Gasteiger partial charge on any atom is -0.495 e. The number of halogens is 1. The van der Waals surface area contributed by atoms with Crippen molar-refractivity contribution in [2.75, 3.05) is 12.8 Å². The fourth-order valence-electron chi connectivity index (χ4n) is 1.10. The number of hydrogen-bond donors (Lipinski definition) is 1. The molecule has 0 atom stereocenters. The lowest BCUT2D eigenvalue weighted by molar-refractivity contribution is 0.415. The van der Waals surface area contributed by atoms with Crippen molar-refractivity contribution < 1.29 is 4.74 Å². The minimum absolute atomic E-state index is 0.541. The Bertz CT molecular complexity index is 455. The van der Waals surface area contributed by atoms with E-state index in [1.807, 2.05) is 6.07 Å². The maximum Gasteiger partial charge on any atom is 0.181 e. The van der Waals surface area contributed by atoms with Gasteiger partial charge in [-0.05, 0) is 6.07 Å². The normalized spacial score (nSPS) is 10.6. The van der Waals surface area contributed by atoms with Crippen LogP contribution in [0.4, 0.5) is 5.13 Å². The molecule has 0 bridgehead atoms. The van der Waals surface area contributed by atoms with Gasteiger partial charge in [-0.25, -0.2) is 4.98 Å². The molecule has 1 aromatic heterocycles. The Kier molecular flexibility index (Phi) is 2.01. The number of nitrogens with zero attached hydrogens (tertiary/aromatic N) is 1. The van der Waals surface area contributed by atoms with E-state index in [0.717, 1.165) is 10.2 Å². The zero-order valence-corrected chi connectivity index (χ0v) is 8.45. The second-order valence-corrected chi connectivity index (χ2v) is 3.98. The number of rotatable bonds is 1. The Morgan fingerprint density at radius 2 is 2.31 bits per heavy atom. The number of hydrogen-bond acceptors (Lipinski definition) is 4. The van der Waals surface area contributed by atoms with Crippen LogP contribution in [-0.2, 0) is 0 Å². The van der Waals surface area contributed by atoms with Gasteiger partial charge in [0.2, 0.25) is 0 Å². The Hall–Kier alpha value is -1.00. The van der Waals surface area contributed by atoms with Gasteiger partial charge in [0.15, 0.2) is 5.13 Å². The Morgan fingerprint density at radius 3 is 3.00 bits per heavy atom. The smallest absolute Gasteiger partial charge is 0.181 e. The van der Waals surface area contributed by atoms with Gasteiger partial charge in [-0.15, -0.1) is 0 Å². The molecular weight excluding hydrogens is 208 g/mol. The fraction of sp³-hybridized carbons (Fsp3) is 0.125. The van der Waals surface area contributed by atoms with Gasteiger partial charge in [-0.1, -0.05) is 22.9 Å². The fourth-order valence-corrected chi connectivity index (χ4v) is 2.16. The molecule has 0 spiro atoms. The molecule has 0 aliphatic rings. The average molecular weight is 215 g/mol. The van der Waals surface area contributed by atoms with Gasteiger partial charge >= 0.3 is 0 Å². The predicted molar refractivity (Wildman–Crippen MR) is 55.6 cm³/mol. The van der Waals surface area contributed by atoms with Crippen molar-refractivity contribution in [1.82, 2.24) is 4.98 Å². The number of nitrogen functional groups attached to an aromatic ring is 1. The van der Waals surface area contributed by atoms with E-state index in [9.17, 15) is 0 Å². The van der Waals surface area contributed by atoms with Crippen LogP contribution in [0.2, 0.25) is 5.02 Å². The summed E-state index contributed by atoms with van der Waals surface area (Å²) in [6.45, 7) is 0. The second-order valence-electron chi connectivity index (χ2n) is 2.51. The highest BCUT2D eigenvalue weighted by Crippen LogP contribution is 2.33. The third-order valence-electron chi connectivity index (χ3n) is 1.68. The lowest BCUT2D eigenvalue weighted by Crippen LogP contribution is -1.83. The van der Waals surface area contributed by atoms with E-state index in [0.29, 0.717) is 15.9 Å². The molecule has 0 fully saturated rings. The largest absolute Gasteiger partial charge is 0.495 e. The third-order valence-corrected chi connectivity index (χ3v) is 2.82. The van der Waals surface area contributed by atoms with Gasteiger partial charge in [-0.3, -0.25) is 0 Å². The van der Waals surface area contributed by atoms with Crippen molar-refractivity contribution in [3.05, 3.63) is 17.2 Å². The standard InChI is InChI=1S/C8H7ClN2OS/c1-12-6-3-5-7(2-4(6)9)13-8(10)11-5/h2-3H,1H3,(H2,10,11). The van der Waals surface area contributed by atoms with E-state index in [1.165, 1.54) is 11.3 Å². The monoisotopic (exact) mass is 214 g/mol. The quantitative estimate of drug-likeness (QED) is 0.794. The molecule has 2 aromatic rings. The van der Waals surface area contributed by atoms with Crippen molar-refractivity contribution >= 4 is 38.3 Å². The van der Waals surface area contributed by atoms with Crippen LogP contribution in [0.25, 0.3) is 10.2 Å². The van der Waals surface area contributed by atoms with Gasteiger partial charge in [-0.2, -0.15) is 0 Å². The summed E-state index contributed by atoms with van der Waals surface area (Å²) in [4.78, 5) is 4.12. The Morgan fingerprint density at radius 1 is 1.54 bits per heavy atom. The van der Waals surface area contributed by atoms with Crippen LogP contribution in [0.5, 0.6) is 5.75 Å². The first-order chi connectivity index (χ1) is 6.20. The number of anilines is 1. The molecular formula is C8H7ClN2OS. The van der Waals surface area contributed by atoms with E-state index in [-0.39, 0.29) is 0 Å². The molecule has 2 N–H and O–H groups in total. The number of benzene rings is 1. The van der Waals surface area contributed by atoms with Crippen LogP contribution in [0.3, 0.4) is 0 Å². The number of fused-ring (bicyclic) bond motifs is 1. The zero-order chi connectivity index (χ0) is 9.42. The Balaban J connectivity index is 2.72. The summed E-state index contributed by atoms with van der Waals surface area (Å²) in [6.07, 6.45) is 0. The molecule has 0 aliphatic carbocycles. The van der Waals surface area contributed by atoms with Gasteiger partial charge in [0.1, 0.15) is 5.75 Å². The summed E-state index contributed by atoms with van der Waals surface area (Å²) < 4.78 is 6.03. The zero-order valence-electron chi connectivity index (χ0n) is 6.87. The summed E-state index contributed by atoms with van der Waals surface area (Å²) >= 11 is 7.34. The van der Waals surface area contributed by atoms with Gasteiger partial charge < -0.3 is 10.5 Å². The molecule has 2 rings (SSSR count). The number of thiazole rings is 1. The molecule has 1 aromatic carbocycles. The van der Waals surface area contributed by atoms with Crippen molar-refractivity contribution in [3.63, 3.8) is 0 Å². The van der Waals surface area contributed by atoms with Crippen molar-refractivity contribution in [1.29, 1.82) is 0 Å². The number of nitrogens with two attached hydrogens (primary N) is 1. The van der Waals surface area contributed by atoms with Crippen LogP contribution < -0.4 is 10.5 Å². The van der Waals surface area contributed by atoms with E-state index >= 15 is 0 Å². The topological polar surface area (TPSA) is 48.1 Å². The number of ether oxygens (including phenoxy) is 1. The molecule has 5 heteroatoms. The predicted octanol–water partition coefficient (Wildman–Crippen LogP) is 2.54. The molecule has 3 nitrogen and oxygen atoms in total. The first kappa shape index (κ1) is 8.59. The third kappa shape index (κ3) is 1.43. The van der Waals surface area contributed by atoms with Gasteiger partial charge in [0.05, 0.1) is 22.3 Å². The van der Waals surface area contributed by atoms with E-state index in [1.54, 1.807) is 13.2 Å². The average Bonchev–Trinajstić information content (AvgIpc) is 2.42. The molecule has 0 amide bonds. The second kappa shape index (κ2) is 3.05. The highest BCUT2D eigenvalue weighted by Gasteiger charge is 2.06. The summed E-state index contributed by atoms with van der Waals surface area (Å²) in [5, 5.41) is 1.12. The van der Waals surface area contributed by atoms with Crippen LogP contribution >= 0.6 is 22.9 Å². The van der Waals surface area contributed by atoms with E-state index < -0.39 is 0 Å². The summed E-state index contributed by atoms with van der Waals surface area (Å²) in [5.41, 5.74) is 6.38. The summed E-state index contributed by atoms with van der Waals surface area (Å²) in [7, 11) is 1.57. The number of aromatic nitrogens is 1. The van der Waals surface area contributed by atoms with E-state index in [4.69, 9.17) is 22.1 Å².